The number of ether oxygens (including phenoxy) is 3. The minimum absolute atomic E-state index is 0.104. The van der Waals surface area contributed by atoms with Gasteiger partial charge in [-0.2, -0.15) is 0 Å². The third-order valence-electron chi connectivity index (χ3n) is 10.4. The average molecular weight is 799 g/mol. The number of carbonyl (C=O) groups is 3. The van der Waals surface area contributed by atoms with Crippen molar-refractivity contribution in [3.63, 3.8) is 0 Å². The lowest BCUT2D eigenvalue weighted by atomic mass is 10.0. The average Bonchev–Trinajstić information content (AvgIpc) is 3.21. The van der Waals surface area contributed by atoms with Crippen LogP contribution in [0.2, 0.25) is 0 Å². The molecule has 0 aliphatic carbocycles. The Labute approximate surface area is 352 Å². The van der Waals surface area contributed by atoms with Crippen molar-refractivity contribution in [2.24, 2.45) is 0 Å². The van der Waals surface area contributed by atoms with Crippen LogP contribution >= 0.6 is 0 Å². The largest absolute Gasteiger partial charge is 0.462 e. The molecule has 0 heterocycles. The second kappa shape index (κ2) is 46.1. The summed E-state index contributed by atoms with van der Waals surface area (Å²) in [5.41, 5.74) is 0. The molecule has 0 aromatic carbocycles. The van der Waals surface area contributed by atoms with E-state index in [-0.39, 0.29) is 31.6 Å². The first-order valence-electron chi connectivity index (χ1n) is 24.1. The third-order valence-corrected chi connectivity index (χ3v) is 10.4. The van der Waals surface area contributed by atoms with Crippen LogP contribution in [0.1, 0.15) is 239 Å². The van der Waals surface area contributed by atoms with Gasteiger partial charge < -0.3 is 14.2 Å². The molecule has 0 radical (unpaired) electrons. The molecular formula is C51H90O6. The fourth-order valence-electron chi connectivity index (χ4n) is 6.73. The van der Waals surface area contributed by atoms with E-state index in [9.17, 15) is 14.4 Å². The molecule has 0 aliphatic heterocycles. The fourth-order valence-corrected chi connectivity index (χ4v) is 6.73. The second-order valence-corrected chi connectivity index (χ2v) is 16.0. The Morgan fingerprint density at radius 1 is 0.386 bits per heavy atom. The number of hydrogen-bond donors (Lipinski definition) is 0. The van der Waals surface area contributed by atoms with Crippen molar-refractivity contribution in [1.82, 2.24) is 0 Å². The Kier molecular flexibility index (Phi) is 43.9. The van der Waals surface area contributed by atoms with Crippen molar-refractivity contribution in [3.8, 4) is 0 Å². The first-order chi connectivity index (χ1) is 28.0. The lowest BCUT2D eigenvalue weighted by molar-refractivity contribution is -0.166. The Hall–Kier alpha value is -2.63. The van der Waals surface area contributed by atoms with Gasteiger partial charge in [-0.1, -0.05) is 211 Å². The molecular weight excluding hydrogens is 709 g/mol. The predicted octanol–water partition coefficient (Wildman–Crippen LogP) is 15.5. The first kappa shape index (κ1) is 54.4. The van der Waals surface area contributed by atoms with E-state index in [4.69, 9.17) is 14.2 Å². The molecule has 0 saturated carbocycles. The van der Waals surface area contributed by atoms with Crippen molar-refractivity contribution in [2.75, 3.05) is 13.2 Å². The summed E-state index contributed by atoms with van der Waals surface area (Å²) in [6.45, 7) is 6.41. The standard InChI is InChI=1S/C51H90O6/c1-4-7-10-13-16-19-21-23-24-25-26-28-29-32-35-38-41-44-50(53)56-47-48(46-55-49(52)43-40-37-34-31-18-15-12-9-6-3)57-51(54)45-42-39-36-33-30-27-22-20-17-14-11-8-5-2/h9,12,18,27,30-31,37,40,48H,4-8,10-11,13-17,19-26,28-29,32-36,38-39,41-47H2,1-3H3/b12-9-,30-27-,31-18-,40-37-. The van der Waals surface area contributed by atoms with Gasteiger partial charge in [0.15, 0.2) is 6.10 Å². The maximum absolute atomic E-state index is 12.7. The second-order valence-electron chi connectivity index (χ2n) is 16.0. The van der Waals surface area contributed by atoms with Gasteiger partial charge in [0.05, 0.1) is 6.42 Å². The zero-order valence-electron chi connectivity index (χ0n) is 37.6. The summed E-state index contributed by atoms with van der Waals surface area (Å²) < 4.78 is 16.6. The molecule has 330 valence electrons. The summed E-state index contributed by atoms with van der Waals surface area (Å²) in [5.74, 6) is -1.05. The number of carbonyl (C=O) groups excluding carboxylic acids is 3. The van der Waals surface area contributed by atoms with Gasteiger partial charge in [0.1, 0.15) is 13.2 Å². The molecule has 0 amide bonds. The Balaban J connectivity index is 4.36. The summed E-state index contributed by atoms with van der Waals surface area (Å²) in [7, 11) is 0. The van der Waals surface area contributed by atoms with Crippen LogP contribution in [0.25, 0.3) is 0 Å². The summed E-state index contributed by atoms with van der Waals surface area (Å²) in [6, 6.07) is 0. The highest BCUT2D eigenvalue weighted by Crippen LogP contribution is 2.15. The van der Waals surface area contributed by atoms with Gasteiger partial charge in [-0.3, -0.25) is 14.4 Å². The van der Waals surface area contributed by atoms with Gasteiger partial charge >= 0.3 is 17.9 Å². The van der Waals surface area contributed by atoms with Crippen molar-refractivity contribution in [2.45, 2.75) is 245 Å². The van der Waals surface area contributed by atoms with Crippen LogP contribution < -0.4 is 0 Å². The summed E-state index contributed by atoms with van der Waals surface area (Å²) >= 11 is 0. The number of hydrogen-bond acceptors (Lipinski definition) is 6. The summed E-state index contributed by atoms with van der Waals surface area (Å²) in [5, 5.41) is 0. The monoisotopic (exact) mass is 799 g/mol. The highest BCUT2D eigenvalue weighted by Gasteiger charge is 2.19. The van der Waals surface area contributed by atoms with Gasteiger partial charge in [0.25, 0.3) is 0 Å². The topological polar surface area (TPSA) is 78.9 Å². The highest BCUT2D eigenvalue weighted by atomic mass is 16.6. The van der Waals surface area contributed by atoms with Gasteiger partial charge in [0, 0.05) is 12.8 Å². The number of allylic oxidation sites excluding steroid dienone is 7. The molecule has 0 bridgehead atoms. The van der Waals surface area contributed by atoms with E-state index in [0.717, 1.165) is 70.6 Å². The van der Waals surface area contributed by atoms with Gasteiger partial charge in [-0.15, -0.1) is 0 Å². The van der Waals surface area contributed by atoms with Crippen LogP contribution in [0.5, 0.6) is 0 Å². The molecule has 57 heavy (non-hydrogen) atoms. The molecule has 6 heteroatoms. The van der Waals surface area contributed by atoms with E-state index < -0.39 is 12.1 Å². The van der Waals surface area contributed by atoms with E-state index in [1.807, 2.05) is 6.08 Å². The summed E-state index contributed by atoms with van der Waals surface area (Å²) in [4.78, 5) is 37.7. The Morgan fingerprint density at radius 2 is 0.754 bits per heavy atom. The minimum Gasteiger partial charge on any atom is -0.462 e. The van der Waals surface area contributed by atoms with Crippen molar-refractivity contribution >= 4 is 17.9 Å². The maximum atomic E-state index is 12.7. The van der Waals surface area contributed by atoms with E-state index >= 15 is 0 Å². The number of esters is 3. The normalized spacial score (nSPS) is 12.4. The minimum atomic E-state index is -0.811. The molecule has 0 aromatic rings. The van der Waals surface area contributed by atoms with Crippen molar-refractivity contribution in [1.29, 1.82) is 0 Å². The molecule has 1 unspecified atom stereocenters. The van der Waals surface area contributed by atoms with Gasteiger partial charge in [0.2, 0.25) is 0 Å². The maximum Gasteiger partial charge on any atom is 0.309 e. The fraction of sp³-hybridized carbons (Fsp3) is 0.784. The van der Waals surface area contributed by atoms with Crippen LogP contribution in [-0.2, 0) is 28.6 Å². The van der Waals surface area contributed by atoms with Crippen LogP contribution in [0.3, 0.4) is 0 Å². The predicted molar refractivity (Wildman–Crippen MR) is 242 cm³/mol. The van der Waals surface area contributed by atoms with Crippen molar-refractivity contribution in [3.05, 3.63) is 48.6 Å². The molecule has 0 N–H and O–H groups in total. The molecule has 0 saturated heterocycles. The first-order valence-corrected chi connectivity index (χ1v) is 24.1. The molecule has 6 nitrogen and oxygen atoms in total. The summed E-state index contributed by atoms with van der Waals surface area (Å²) in [6.07, 6.45) is 54.2. The third kappa shape index (κ3) is 44.3. The van der Waals surface area contributed by atoms with Crippen LogP contribution in [0, 0.1) is 0 Å². The van der Waals surface area contributed by atoms with E-state index in [0.29, 0.717) is 12.8 Å². The molecule has 1 atom stereocenters. The lowest BCUT2D eigenvalue weighted by Crippen LogP contribution is -2.30. The molecule has 0 spiro atoms. The quantitative estimate of drug-likeness (QED) is 0.0265. The van der Waals surface area contributed by atoms with Crippen LogP contribution in [0.4, 0.5) is 0 Å². The number of rotatable bonds is 43. The SMILES string of the molecule is CC/C=C\C/C=C\C/C=C\CC(=O)OCC(COC(=O)CCCCCCCCCCCCCCCCCCC)OC(=O)CCCCC/C=C\CCCCCCCC. The molecule has 0 fully saturated rings. The highest BCUT2D eigenvalue weighted by molar-refractivity contribution is 5.72. The zero-order valence-corrected chi connectivity index (χ0v) is 37.6. The Morgan fingerprint density at radius 3 is 1.23 bits per heavy atom. The van der Waals surface area contributed by atoms with Gasteiger partial charge in [-0.25, -0.2) is 0 Å². The van der Waals surface area contributed by atoms with Crippen LogP contribution in [0.15, 0.2) is 48.6 Å². The smallest absolute Gasteiger partial charge is 0.309 e. The molecule has 0 aliphatic rings. The van der Waals surface area contributed by atoms with Crippen molar-refractivity contribution < 1.29 is 28.6 Å². The van der Waals surface area contributed by atoms with Crippen LogP contribution in [-0.4, -0.2) is 37.2 Å². The number of unbranched alkanes of at least 4 members (excludes halogenated alkanes) is 25. The van der Waals surface area contributed by atoms with E-state index in [1.165, 1.54) is 128 Å². The Bertz CT molecular complexity index is 1010. The van der Waals surface area contributed by atoms with E-state index in [2.05, 4.69) is 57.2 Å². The molecule has 0 rings (SSSR count). The van der Waals surface area contributed by atoms with E-state index in [1.54, 1.807) is 6.08 Å². The lowest BCUT2D eigenvalue weighted by Gasteiger charge is -2.18. The van der Waals surface area contributed by atoms with Gasteiger partial charge in [-0.05, 0) is 57.8 Å². The zero-order chi connectivity index (χ0) is 41.5. The molecule has 0 aromatic heterocycles.